The molecule has 0 saturated carbocycles. The fourth-order valence-electron chi connectivity index (χ4n) is 3.00. The number of hydrogen-bond acceptors (Lipinski definition) is 2. The van der Waals surface area contributed by atoms with Crippen LogP contribution < -0.4 is 10.2 Å². The zero-order chi connectivity index (χ0) is 17.3. The summed E-state index contributed by atoms with van der Waals surface area (Å²) in [5, 5.41) is 4.24. The van der Waals surface area contributed by atoms with Crippen molar-refractivity contribution < 1.29 is 4.79 Å². The van der Waals surface area contributed by atoms with E-state index in [1.54, 1.807) is 0 Å². The summed E-state index contributed by atoms with van der Waals surface area (Å²) in [5.41, 5.74) is 5.30. The second-order valence-corrected chi connectivity index (χ2v) is 6.26. The largest absolute Gasteiger partial charge is 0.378 e. The number of benzene rings is 2. The first-order valence-corrected chi connectivity index (χ1v) is 8.07. The maximum Gasteiger partial charge on any atom is 0.251 e. The molecule has 1 heterocycles. The number of aromatic nitrogens is 1. The van der Waals surface area contributed by atoms with Gasteiger partial charge in [-0.05, 0) is 42.8 Å². The van der Waals surface area contributed by atoms with Gasteiger partial charge in [0.25, 0.3) is 5.91 Å². The fraction of sp³-hybridized carbons (Fsp3) is 0.250. The van der Waals surface area contributed by atoms with E-state index in [2.05, 4.69) is 36.0 Å². The molecule has 0 spiro atoms. The molecule has 0 saturated heterocycles. The van der Waals surface area contributed by atoms with Crippen molar-refractivity contribution in [3.05, 3.63) is 65.4 Å². The predicted octanol–water partition coefficient (Wildman–Crippen LogP) is 3.48. The molecule has 3 aromatic rings. The van der Waals surface area contributed by atoms with Crippen LogP contribution in [0.25, 0.3) is 10.9 Å². The number of carbonyl (C=O) groups excluding carboxylic acids is 1. The van der Waals surface area contributed by atoms with E-state index in [0.717, 1.165) is 5.69 Å². The molecular weight excluding hydrogens is 298 g/mol. The third-order valence-electron chi connectivity index (χ3n) is 4.60. The summed E-state index contributed by atoms with van der Waals surface area (Å²) in [7, 11) is 6.03. The third kappa shape index (κ3) is 2.87. The first-order valence-electron chi connectivity index (χ1n) is 8.07. The Labute approximate surface area is 142 Å². The monoisotopic (exact) mass is 321 g/mol. The SMILES string of the molecule is Cc1c(CNC(=O)c2ccc(N(C)C)cc2)c2ccccc2n1C. The molecule has 1 N–H and O–H groups in total. The second kappa shape index (κ2) is 6.40. The van der Waals surface area contributed by atoms with Crippen molar-refractivity contribution in [1.29, 1.82) is 0 Å². The molecule has 124 valence electrons. The fourth-order valence-corrected chi connectivity index (χ4v) is 3.00. The van der Waals surface area contributed by atoms with Crippen molar-refractivity contribution in [3.63, 3.8) is 0 Å². The number of fused-ring (bicyclic) bond motifs is 1. The highest BCUT2D eigenvalue weighted by Crippen LogP contribution is 2.24. The quantitative estimate of drug-likeness (QED) is 0.799. The number of nitrogens with zero attached hydrogens (tertiary/aromatic N) is 2. The molecular formula is C20H23N3O. The van der Waals surface area contributed by atoms with Gasteiger partial charge in [0.1, 0.15) is 0 Å². The van der Waals surface area contributed by atoms with Gasteiger partial charge in [0.05, 0.1) is 0 Å². The molecule has 0 aliphatic heterocycles. The number of anilines is 1. The number of para-hydroxylation sites is 1. The van der Waals surface area contributed by atoms with Crippen LogP contribution in [0, 0.1) is 6.92 Å². The number of carbonyl (C=O) groups is 1. The number of hydrogen-bond donors (Lipinski definition) is 1. The van der Waals surface area contributed by atoms with Gasteiger partial charge in [0.2, 0.25) is 0 Å². The lowest BCUT2D eigenvalue weighted by Crippen LogP contribution is -2.23. The van der Waals surface area contributed by atoms with E-state index in [1.807, 2.05) is 55.4 Å². The van der Waals surface area contributed by atoms with Gasteiger partial charge >= 0.3 is 0 Å². The van der Waals surface area contributed by atoms with Gasteiger partial charge in [-0.3, -0.25) is 4.79 Å². The van der Waals surface area contributed by atoms with Crippen molar-refractivity contribution in [1.82, 2.24) is 9.88 Å². The topological polar surface area (TPSA) is 37.3 Å². The molecule has 0 radical (unpaired) electrons. The van der Waals surface area contributed by atoms with Crippen LogP contribution in [-0.2, 0) is 13.6 Å². The highest BCUT2D eigenvalue weighted by molar-refractivity contribution is 5.95. The number of amides is 1. The standard InChI is InChI=1S/C20H23N3O/c1-14-18(17-7-5-6-8-19(17)23(14)4)13-21-20(24)15-9-11-16(12-10-15)22(2)3/h5-12H,13H2,1-4H3,(H,21,24). The first kappa shape index (κ1) is 16.1. The maximum atomic E-state index is 12.4. The van der Waals surface area contributed by atoms with E-state index >= 15 is 0 Å². The van der Waals surface area contributed by atoms with E-state index in [1.165, 1.54) is 22.2 Å². The summed E-state index contributed by atoms with van der Waals surface area (Å²) < 4.78 is 2.17. The summed E-state index contributed by atoms with van der Waals surface area (Å²) in [5.74, 6) is -0.0485. The van der Waals surface area contributed by atoms with E-state index < -0.39 is 0 Å². The van der Waals surface area contributed by atoms with Crippen LogP contribution in [0.4, 0.5) is 5.69 Å². The van der Waals surface area contributed by atoms with Crippen molar-refractivity contribution in [3.8, 4) is 0 Å². The van der Waals surface area contributed by atoms with Crippen LogP contribution in [0.15, 0.2) is 48.5 Å². The second-order valence-electron chi connectivity index (χ2n) is 6.26. The van der Waals surface area contributed by atoms with Crippen molar-refractivity contribution in [2.75, 3.05) is 19.0 Å². The van der Waals surface area contributed by atoms with Crippen LogP contribution in [0.1, 0.15) is 21.6 Å². The Morgan fingerprint density at radius 1 is 1.08 bits per heavy atom. The molecule has 2 aromatic carbocycles. The van der Waals surface area contributed by atoms with Crippen molar-refractivity contribution >= 4 is 22.5 Å². The van der Waals surface area contributed by atoms with E-state index in [4.69, 9.17) is 0 Å². The highest BCUT2D eigenvalue weighted by Gasteiger charge is 2.13. The lowest BCUT2D eigenvalue weighted by Gasteiger charge is -2.12. The molecule has 0 aliphatic rings. The normalized spacial score (nSPS) is 10.8. The van der Waals surface area contributed by atoms with Gasteiger partial charge in [0.15, 0.2) is 0 Å². The third-order valence-corrected chi connectivity index (χ3v) is 4.60. The zero-order valence-electron chi connectivity index (χ0n) is 14.6. The molecule has 1 aromatic heterocycles. The summed E-state index contributed by atoms with van der Waals surface area (Å²) in [4.78, 5) is 14.4. The van der Waals surface area contributed by atoms with E-state index in [-0.39, 0.29) is 5.91 Å². The predicted molar refractivity (Wildman–Crippen MR) is 99.6 cm³/mol. The van der Waals surface area contributed by atoms with E-state index in [0.29, 0.717) is 12.1 Å². The summed E-state index contributed by atoms with van der Waals surface area (Å²) in [6.07, 6.45) is 0. The molecule has 0 atom stereocenters. The van der Waals surface area contributed by atoms with Gasteiger partial charge in [-0.2, -0.15) is 0 Å². The highest BCUT2D eigenvalue weighted by atomic mass is 16.1. The van der Waals surface area contributed by atoms with Crippen molar-refractivity contribution in [2.45, 2.75) is 13.5 Å². The number of rotatable bonds is 4. The molecule has 4 heteroatoms. The first-order chi connectivity index (χ1) is 11.5. The number of nitrogens with one attached hydrogen (secondary N) is 1. The Kier molecular flexibility index (Phi) is 4.30. The minimum Gasteiger partial charge on any atom is -0.378 e. The molecule has 24 heavy (non-hydrogen) atoms. The summed E-state index contributed by atoms with van der Waals surface area (Å²) in [6.45, 7) is 2.62. The van der Waals surface area contributed by atoms with Crippen LogP contribution in [0.2, 0.25) is 0 Å². The molecule has 0 bridgehead atoms. The molecule has 0 fully saturated rings. The van der Waals surface area contributed by atoms with Gasteiger partial charge in [-0.15, -0.1) is 0 Å². The van der Waals surface area contributed by atoms with Gasteiger partial charge in [-0.25, -0.2) is 0 Å². The Bertz CT molecular complexity index is 876. The minimum atomic E-state index is -0.0485. The van der Waals surface area contributed by atoms with Crippen molar-refractivity contribution in [2.24, 2.45) is 7.05 Å². The Morgan fingerprint density at radius 2 is 1.75 bits per heavy atom. The van der Waals surface area contributed by atoms with Gasteiger partial charge in [0, 0.05) is 55.5 Å². The lowest BCUT2D eigenvalue weighted by atomic mass is 10.1. The Hall–Kier alpha value is -2.75. The molecule has 0 unspecified atom stereocenters. The van der Waals surface area contributed by atoms with Crippen LogP contribution in [0.5, 0.6) is 0 Å². The lowest BCUT2D eigenvalue weighted by molar-refractivity contribution is 0.0951. The van der Waals surface area contributed by atoms with Gasteiger partial charge < -0.3 is 14.8 Å². The average Bonchev–Trinajstić information content (AvgIpc) is 2.84. The molecule has 0 aliphatic carbocycles. The molecule has 1 amide bonds. The zero-order valence-corrected chi connectivity index (χ0v) is 14.6. The minimum absolute atomic E-state index is 0.0485. The number of aryl methyl sites for hydroxylation is 1. The average molecular weight is 321 g/mol. The summed E-state index contributed by atoms with van der Waals surface area (Å²) in [6, 6.07) is 15.9. The van der Waals surface area contributed by atoms with Crippen LogP contribution >= 0.6 is 0 Å². The Balaban J connectivity index is 1.78. The molecule has 4 nitrogen and oxygen atoms in total. The Morgan fingerprint density at radius 3 is 2.42 bits per heavy atom. The summed E-state index contributed by atoms with van der Waals surface area (Å²) >= 11 is 0. The smallest absolute Gasteiger partial charge is 0.251 e. The van der Waals surface area contributed by atoms with E-state index in [9.17, 15) is 4.79 Å². The molecule has 3 rings (SSSR count). The van der Waals surface area contributed by atoms with Gasteiger partial charge in [-0.1, -0.05) is 18.2 Å². The van der Waals surface area contributed by atoms with Crippen LogP contribution in [-0.4, -0.2) is 24.6 Å². The maximum absolute atomic E-state index is 12.4. The van der Waals surface area contributed by atoms with Crippen LogP contribution in [0.3, 0.4) is 0 Å².